The second-order valence-corrected chi connectivity index (χ2v) is 4.60. The van der Waals surface area contributed by atoms with Crippen LogP contribution in [0.4, 0.5) is 5.69 Å². The molecule has 2 rings (SSSR count). The molecule has 2 aromatic rings. The van der Waals surface area contributed by atoms with Crippen molar-refractivity contribution in [2.24, 2.45) is 0 Å². The number of methoxy groups -OCH3 is 1. The number of aromatic nitrogens is 1. The molecule has 0 aliphatic rings. The molecule has 1 heterocycles. The fraction of sp³-hybridized carbons (Fsp3) is 0.167. The Hall–Kier alpha value is -2.02. The molecular formula is C12H9BrN2O4. The minimum absolute atomic E-state index is 0.0712. The van der Waals surface area contributed by atoms with Gasteiger partial charge in [-0.05, 0) is 22.9 Å². The first-order valence-corrected chi connectivity index (χ1v) is 6.08. The van der Waals surface area contributed by atoms with Gasteiger partial charge in [-0.25, -0.2) is 9.78 Å². The van der Waals surface area contributed by atoms with Gasteiger partial charge in [-0.1, -0.05) is 12.1 Å². The van der Waals surface area contributed by atoms with Gasteiger partial charge in [-0.3, -0.25) is 10.1 Å². The highest BCUT2D eigenvalue weighted by Crippen LogP contribution is 2.35. The molecule has 0 spiro atoms. The van der Waals surface area contributed by atoms with Gasteiger partial charge in [0.1, 0.15) is 0 Å². The highest BCUT2D eigenvalue weighted by atomic mass is 79.9. The molecule has 1 aromatic heterocycles. The number of rotatable bonds is 2. The second kappa shape index (κ2) is 4.93. The van der Waals surface area contributed by atoms with Gasteiger partial charge < -0.3 is 4.74 Å². The van der Waals surface area contributed by atoms with E-state index in [0.29, 0.717) is 20.9 Å². The van der Waals surface area contributed by atoms with Gasteiger partial charge in [-0.2, -0.15) is 0 Å². The molecule has 0 saturated heterocycles. The lowest BCUT2D eigenvalue weighted by Crippen LogP contribution is -2.07. The number of halogens is 1. The molecule has 0 aliphatic heterocycles. The maximum atomic E-state index is 11.7. The lowest BCUT2D eigenvalue weighted by molar-refractivity contribution is -0.383. The number of carbonyl (C=O) groups excluding carboxylic acids is 1. The third-order valence-electron chi connectivity index (χ3n) is 2.69. The number of nitro groups is 1. The van der Waals surface area contributed by atoms with Crippen molar-refractivity contribution in [3.8, 4) is 0 Å². The fourth-order valence-electron chi connectivity index (χ4n) is 1.83. The summed E-state index contributed by atoms with van der Waals surface area (Å²) in [6, 6.07) is 4.50. The number of pyridine rings is 1. The summed E-state index contributed by atoms with van der Waals surface area (Å²) in [6.07, 6.45) is 0. The number of non-ortho nitro benzene ring substituents is 1. The van der Waals surface area contributed by atoms with Crippen LogP contribution in [0.1, 0.15) is 16.2 Å². The Morgan fingerprint density at radius 1 is 1.47 bits per heavy atom. The van der Waals surface area contributed by atoms with Gasteiger partial charge in [-0.15, -0.1) is 0 Å². The number of nitro benzene ring substituents is 1. The molecule has 0 unspecified atom stereocenters. The molecule has 6 nitrogen and oxygen atoms in total. The predicted octanol–water partition coefficient (Wildman–Crippen LogP) is 3.00. The van der Waals surface area contributed by atoms with E-state index in [1.165, 1.54) is 19.2 Å². The maximum Gasteiger partial charge on any atom is 0.357 e. The largest absolute Gasteiger partial charge is 0.464 e. The summed E-state index contributed by atoms with van der Waals surface area (Å²) in [5, 5.41) is 11.8. The third-order valence-corrected chi connectivity index (χ3v) is 3.66. The van der Waals surface area contributed by atoms with Crippen LogP contribution in [0.3, 0.4) is 0 Å². The molecule has 19 heavy (non-hydrogen) atoms. The molecule has 0 radical (unpaired) electrons. The summed E-state index contributed by atoms with van der Waals surface area (Å²) in [5.41, 5.74) is 0.476. The Bertz CT molecular complexity index is 700. The number of ether oxygens (including phenoxy) is 1. The summed E-state index contributed by atoms with van der Waals surface area (Å²) >= 11 is 3.29. The van der Waals surface area contributed by atoms with Crippen LogP contribution in [0, 0.1) is 17.0 Å². The van der Waals surface area contributed by atoms with Crippen molar-refractivity contribution in [1.29, 1.82) is 0 Å². The highest BCUT2D eigenvalue weighted by molar-refractivity contribution is 9.10. The van der Waals surface area contributed by atoms with E-state index >= 15 is 0 Å². The Kier molecular flexibility index (Phi) is 3.48. The number of benzene rings is 1. The Morgan fingerprint density at radius 2 is 2.16 bits per heavy atom. The maximum absolute atomic E-state index is 11.7. The van der Waals surface area contributed by atoms with E-state index in [0.717, 1.165) is 0 Å². The van der Waals surface area contributed by atoms with E-state index in [4.69, 9.17) is 0 Å². The molecule has 0 aliphatic carbocycles. The molecule has 7 heteroatoms. The van der Waals surface area contributed by atoms with Crippen LogP contribution in [-0.4, -0.2) is 23.0 Å². The van der Waals surface area contributed by atoms with Crippen molar-refractivity contribution in [1.82, 2.24) is 4.98 Å². The van der Waals surface area contributed by atoms with Crippen LogP contribution in [0.2, 0.25) is 0 Å². The van der Waals surface area contributed by atoms with Crippen molar-refractivity contribution in [3.63, 3.8) is 0 Å². The number of hydrogen-bond donors (Lipinski definition) is 0. The van der Waals surface area contributed by atoms with E-state index in [-0.39, 0.29) is 11.4 Å². The molecule has 0 bridgehead atoms. The zero-order chi connectivity index (χ0) is 14.2. The molecule has 0 fully saturated rings. The van der Waals surface area contributed by atoms with E-state index < -0.39 is 10.9 Å². The van der Waals surface area contributed by atoms with Crippen LogP contribution in [0.5, 0.6) is 0 Å². The van der Waals surface area contributed by atoms with E-state index in [2.05, 4.69) is 25.7 Å². The van der Waals surface area contributed by atoms with Crippen LogP contribution in [-0.2, 0) is 4.74 Å². The summed E-state index contributed by atoms with van der Waals surface area (Å²) in [6.45, 7) is 1.66. The molecule has 0 amide bonds. The average Bonchev–Trinajstić information content (AvgIpc) is 2.41. The molecule has 0 N–H and O–H groups in total. The molecule has 0 saturated carbocycles. The summed E-state index contributed by atoms with van der Waals surface area (Å²) in [4.78, 5) is 26.4. The summed E-state index contributed by atoms with van der Waals surface area (Å²) < 4.78 is 5.16. The van der Waals surface area contributed by atoms with Crippen molar-refractivity contribution in [2.45, 2.75) is 6.92 Å². The highest BCUT2D eigenvalue weighted by Gasteiger charge is 2.22. The molecule has 98 valence electrons. The lowest BCUT2D eigenvalue weighted by Gasteiger charge is -2.08. The standard InChI is InChI=1S/C12H9BrN2O4/c1-6-10(13)9-7(11(14-6)12(16)19-2)4-3-5-8(9)15(17)18/h3-5H,1-2H3. The molecular weight excluding hydrogens is 316 g/mol. The van der Waals surface area contributed by atoms with Gasteiger partial charge in [0.15, 0.2) is 5.69 Å². The van der Waals surface area contributed by atoms with Crippen molar-refractivity contribution in [3.05, 3.63) is 44.2 Å². The number of esters is 1. The predicted molar refractivity (Wildman–Crippen MR) is 72.2 cm³/mol. The summed E-state index contributed by atoms with van der Waals surface area (Å²) in [7, 11) is 1.24. The van der Waals surface area contributed by atoms with E-state index in [9.17, 15) is 14.9 Å². The van der Waals surface area contributed by atoms with Crippen molar-refractivity contribution >= 4 is 38.4 Å². The zero-order valence-electron chi connectivity index (χ0n) is 10.1. The normalized spacial score (nSPS) is 10.5. The first-order valence-electron chi connectivity index (χ1n) is 5.29. The third kappa shape index (κ3) is 2.17. The first kappa shape index (κ1) is 13.4. The fourth-order valence-corrected chi connectivity index (χ4v) is 2.34. The number of hydrogen-bond acceptors (Lipinski definition) is 5. The smallest absolute Gasteiger partial charge is 0.357 e. The number of nitrogens with zero attached hydrogens (tertiary/aromatic N) is 2. The zero-order valence-corrected chi connectivity index (χ0v) is 11.7. The lowest BCUT2D eigenvalue weighted by atomic mass is 10.1. The number of aryl methyl sites for hydroxylation is 1. The molecule has 1 aromatic carbocycles. The van der Waals surface area contributed by atoms with Gasteiger partial charge >= 0.3 is 5.97 Å². The SMILES string of the molecule is COC(=O)c1nc(C)c(Br)c2c([N+](=O)[O-])cccc12. The van der Waals surface area contributed by atoms with Crippen LogP contribution < -0.4 is 0 Å². The minimum atomic E-state index is -0.624. The quantitative estimate of drug-likeness (QED) is 0.481. The Labute approximate surface area is 116 Å². The van der Waals surface area contributed by atoms with Gasteiger partial charge in [0, 0.05) is 11.5 Å². The van der Waals surface area contributed by atoms with Crippen molar-refractivity contribution in [2.75, 3.05) is 7.11 Å². The second-order valence-electron chi connectivity index (χ2n) is 3.81. The van der Waals surface area contributed by atoms with Gasteiger partial charge in [0.05, 0.1) is 27.6 Å². The van der Waals surface area contributed by atoms with E-state index in [1.807, 2.05) is 0 Å². The number of fused-ring (bicyclic) bond motifs is 1. The Balaban J connectivity index is 2.96. The van der Waals surface area contributed by atoms with Crippen LogP contribution >= 0.6 is 15.9 Å². The van der Waals surface area contributed by atoms with Gasteiger partial charge in [0.2, 0.25) is 0 Å². The van der Waals surface area contributed by atoms with Crippen molar-refractivity contribution < 1.29 is 14.5 Å². The van der Waals surface area contributed by atoms with E-state index in [1.54, 1.807) is 13.0 Å². The molecule has 0 atom stereocenters. The van der Waals surface area contributed by atoms with Crippen LogP contribution in [0.25, 0.3) is 10.8 Å². The topological polar surface area (TPSA) is 82.3 Å². The monoisotopic (exact) mass is 324 g/mol. The minimum Gasteiger partial charge on any atom is -0.464 e. The Morgan fingerprint density at radius 3 is 2.74 bits per heavy atom. The summed E-state index contributed by atoms with van der Waals surface area (Å²) in [5.74, 6) is -0.624. The van der Waals surface area contributed by atoms with Gasteiger partial charge in [0.25, 0.3) is 5.69 Å². The number of carbonyl (C=O) groups is 1. The van der Waals surface area contributed by atoms with Crippen LogP contribution in [0.15, 0.2) is 22.7 Å². The average molecular weight is 325 g/mol. The first-order chi connectivity index (χ1) is 8.97.